The van der Waals surface area contributed by atoms with Crippen molar-refractivity contribution in [2.45, 2.75) is 26.0 Å². The molecule has 1 aromatic rings. The van der Waals surface area contributed by atoms with Crippen LogP contribution in [-0.2, 0) is 22.6 Å². The van der Waals surface area contributed by atoms with Crippen molar-refractivity contribution in [2.75, 3.05) is 13.3 Å². The van der Waals surface area contributed by atoms with Gasteiger partial charge in [-0.05, 0) is 31.0 Å². The van der Waals surface area contributed by atoms with E-state index in [4.69, 9.17) is 15.2 Å². The van der Waals surface area contributed by atoms with Crippen LogP contribution in [0.2, 0.25) is 0 Å². The second kappa shape index (κ2) is 7.42. The first-order chi connectivity index (χ1) is 9.08. The van der Waals surface area contributed by atoms with Gasteiger partial charge in [0, 0.05) is 12.1 Å². The molecule has 0 bridgehead atoms. The number of amides is 1. The van der Waals surface area contributed by atoms with E-state index in [0.717, 1.165) is 5.56 Å². The van der Waals surface area contributed by atoms with E-state index in [9.17, 15) is 9.18 Å². The Bertz CT molecular complexity index is 483. The summed E-state index contributed by atoms with van der Waals surface area (Å²) in [6.07, 6.45) is 0.485. The molecule has 2 rings (SSSR count). The SMILES string of the molecule is CC(N)C(=O)NCCc1cc(F)cc2c1OCOC2.Cl. The maximum Gasteiger partial charge on any atom is 0.236 e. The maximum atomic E-state index is 13.5. The van der Waals surface area contributed by atoms with Gasteiger partial charge < -0.3 is 20.5 Å². The Kier molecular flexibility index (Phi) is 6.19. The van der Waals surface area contributed by atoms with E-state index in [1.807, 2.05) is 0 Å². The lowest BCUT2D eigenvalue weighted by Gasteiger charge is -2.21. The number of fused-ring (bicyclic) bond motifs is 1. The van der Waals surface area contributed by atoms with Gasteiger partial charge in [0.15, 0.2) is 6.79 Å². The molecule has 0 radical (unpaired) electrons. The molecule has 3 N–H and O–H groups in total. The molecule has 0 aliphatic carbocycles. The van der Waals surface area contributed by atoms with E-state index in [1.165, 1.54) is 12.1 Å². The maximum absolute atomic E-state index is 13.5. The summed E-state index contributed by atoms with van der Waals surface area (Å²) in [5, 5.41) is 2.68. The fraction of sp³-hybridized carbons (Fsp3) is 0.462. The van der Waals surface area contributed by atoms with Crippen molar-refractivity contribution in [3.8, 4) is 5.75 Å². The van der Waals surface area contributed by atoms with Gasteiger partial charge in [-0.2, -0.15) is 0 Å². The highest BCUT2D eigenvalue weighted by Gasteiger charge is 2.17. The van der Waals surface area contributed by atoms with Crippen molar-refractivity contribution >= 4 is 18.3 Å². The molecule has 1 atom stereocenters. The second-order valence-electron chi connectivity index (χ2n) is 4.49. The lowest BCUT2D eigenvalue weighted by Crippen LogP contribution is -2.39. The van der Waals surface area contributed by atoms with Crippen LogP contribution in [0.15, 0.2) is 12.1 Å². The zero-order valence-corrected chi connectivity index (χ0v) is 12.0. The van der Waals surface area contributed by atoms with E-state index in [0.29, 0.717) is 30.9 Å². The molecule has 1 aliphatic rings. The van der Waals surface area contributed by atoms with E-state index >= 15 is 0 Å². The largest absolute Gasteiger partial charge is 0.467 e. The predicted molar refractivity (Wildman–Crippen MR) is 74.3 cm³/mol. The van der Waals surface area contributed by atoms with Crippen LogP contribution in [-0.4, -0.2) is 25.3 Å². The highest BCUT2D eigenvalue weighted by Crippen LogP contribution is 2.29. The number of carbonyl (C=O) groups excluding carboxylic acids is 1. The van der Waals surface area contributed by atoms with Gasteiger partial charge >= 0.3 is 0 Å². The van der Waals surface area contributed by atoms with Crippen LogP contribution in [0, 0.1) is 5.82 Å². The first-order valence-corrected chi connectivity index (χ1v) is 6.13. The topological polar surface area (TPSA) is 73.6 Å². The molecular weight excluding hydrogens is 287 g/mol. The van der Waals surface area contributed by atoms with Crippen molar-refractivity contribution in [2.24, 2.45) is 5.73 Å². The van der Waals surface area contributed by atoms with Crippen LogP contribution in [0.4, 0.5) is 4.39 Å². The molecule has 112 valence electrons. The van der Waals surface area contributed by atoms with E-state index in [-0.39, 0.29) is 30.9 Å². The Morgan fingerprint density at radius 1 is 1.55 bits per heavy atom. The normalized spacial score (nSPS) is 14.6. The molecule has 0 spiro atoms. The number of hydrogen-bond donors (Lipinski definition) is 2. The molecule has 20 heavy (non-hydrogen) atoms. The monoisotopic (exact) mass is 304 g/mol. The number of ether oxygens (including phenoxy) is 2. The summed E-state index contributed by atoms with van der Waals surface area (Å²) in [4.78, 5) is 11.3. The Labute approximate surface area is 123 Å². The molecule has 1 unspecified atom stereocenters. The fourth-order valence-electron chi connectivity index (χ4n) is 1.92. The minimum absolute atomic E-state index is 0. The number of halogens is 2. The number of carbonyl (C=O) groups is 1. The number of benzene rings is 1. The van der Waals surface area contributed by atoms with Crippen molar-refractivity contribution < 1.29 is 18.7 Å². The minimum Gasteiger partial charge on any atom is -0.467 e. The minimum atomic E-state index is -0.550. The number of rotatable bonds is 4. The summed E-state index contributed by atoms with van der Waals surface area (Å²) in [5.74, 6) is 0.0959. The third-order valence-electron chi connectivity index (χ3n) is 2.86. The van der Waals surface area contributed by atoms with Crippen LogP contribution in [0.5, 0.6) is 5.75 Å². The lowest BCUT2D eigenvalue weighted by molar-refractivity contribution is -0.121. The molecule has 0 saturated carbocycles. The summed E-state index contributed by atoms with van der Waals surface area (Å²) in [5.41, 5.74) is 6.86. The molecule has 1 aliphatic heterocycles. The van der Waals surface area contributed by atoms with Gasteiger partial charge in [-0.3, -0.25) is 4.79 Å². The summed E-state index contributed by atoms with van der Waals surface area (Å²) < 4.78 is 23.9. The first kappa shape index (κ1) is 16.7. The summed E-state index contributed by atoms with van der Waals surface area (Å²) in [6, 6.07) is 2.27. The number of hydrogen-bond acceptors (Lipinski definition) is 4. The van der Waals surface area contributed by atoms with Crippen LogP contribution in [0.3, 0.4) is 0 Å². The van der Waals surface area contributed by atoms with Gasteiger partial charge in [-0.25, -0.2) is 4.39 Å². The van der Waals surface area contributed by atoms with E-state index in [2.05, 4.69) is 5.32 Å². The van der Waals surface area contributed by atoms with Gasteiger partial charge in [0.1, 0.15) is 11.6 Å². The van der Waals surface area contributed by atoms with Crippen LogP contribution < -0.4 is 15.8 Å². The van der Waals surface area contributed by atoms with E-state index < -0.39 is 6.04 Å². The molecule has 5 nitrogen and oxygen atoms in total. The van der Waals surface area contributed by atoms with E-state index in [1.54, 1.807) is 6.92 Å². The molecule has 0 fully saturated rings. The molecule has 0 aromatic heterocycles. The van der Waals surface area contributed by atoms with Crippen molar-refractivity contribution in [1.29, 1.82) is 0 Å². The highest BCUT2D eigenvalue weighted by atomic mass is 35.5. The fourth-order valence-corrected chi connectivity index (χ4v) is 1.92. The van der Waals surface area contributed by atoms with Gasteiger partial charge in [0.05, 0.1) is 12.6 Å². The van der Waals surface area contributed by atoms with Crippen molar-refractivity contribution in [1.82, 2.24) is 5.32 Å². The zero-order chi connectivity index (χ0) is 13.8. The van der Waals surface area contributed by atoms with Crippen LogP contribution in [0.25, 0.3) is 0 Å². The third kappa shape index (κ3) is 4.06. The molecule has 1 amide bonds. The summed E-state index contributed by atoms with van der Waals surface area (Å²) >= 11 is 0. The smallest absolute Gasteiger partial charge is 0.236 e. The third-order valence-corrected chi connectivity index (χ3v) is 2.86. The molecule has 0 saturated heterocycles. The Morgan fingerprint density at radius 2 is 2.30 bits per heavy atom. The summed E-state index contributed by atoms with van der Waals surface area (Å²) in [7, 11) is 0. The van der Waals surface area contributed by atoms with Gasteiger partial charge in [0.2, 0.25) is 5.91 Å². The predicted octanol–water partition coefficient (Wildman–Crippen LogP) is 1.12. The van der Waals surface area contributed by atoms with Crippen LogP contribution >= 0.6 is 12.4 Å². The molecular formula is C13H18ClFN2O3. The lowest BCUT2D eigenvalue weighted by atomic mass is 10.1. The van der Waals surface area contributed by atoms with Crippen molar-refractivity contribution in [3.05, 3.63) is 29.1 Å². The average Bonchev–Trinajstić information content (AvgIpc) is 2.38. The Morgan fingerprint density at radius 3 is 3.00 bits per heavy atom. The standard InChI is InChI=1S/C13H17FN2O3.ClH/c1-8(15)13(17)16-3-2-9-4-11(14)5-10-6-18-7-19-12(9)10;/h4-5,8H,2-3,6-7,15H2,1H3,(H,16,17);1H. The molecule has 1 aromatic carbocycles. The molecule has 1 heterocycles. The quantitative estimate of drug-likeness (QED) is 0.874. The Hall–Kier alpha value is -1.37. The average molecular weight is 305 g/mol. The van der Waals surface area contributed by atoms with Gasteiger partial charge in [0.25, 0.3) is 0 Å². The van der Waals surface area contributed by atoms with Gasteiger partial charge in [-0.15, -0.1) is 12.4 Å². The number of nitrogens with two attached hydrogens (primary N) is 1. The van der Waals surface area contributed by atoms with Gasteiger partial charge in [-0.1, -0.05) is 0 Å². The van der Waals surface area contributed by atoms with Crippen molar-refractivity contribution in [3.63, 3.8) is 0 Å². The molecule has 7 heteroatoms. The summed E-state index contributed by atoms with van der Waals surface area (Å²) in [6.45, 7) is 2.50. The number of nitrogens with one attached hydrogen (secondary N) is 1. The zero-order valence-electron chi connectivity index (χ0n) is 11.1. The first-order valence-electron chi connectivity index (χ1n) is 6.13. The second-order valence-corrected chi connectivity index (χ2v) is 4.49. The van der Waals surface area contributed by atoms with Crippen LogP contribution in [0.1, 0.15) is 18.1 Å². The highest BCUT2D eigenvalue weighted by molar-refractivity contribution is 5.85. The Balaban J connectivity index is 0.00000200.